The number of rotatable bonds is 0. The van der Waals surface area contributed by atoms with Gasteiger partial charge in [0, 0.05) is 15.2 Å². The van der Waals surface area contributed by atoms with Crippen LogP contribution in [0.4, 0.5) is 0 Å². The molecular weight excluding hydrogens is 616 g/mol. The van der Waals surface area contributed by atoms with E-state index in [2.05, 4.69) is 107 Å². The van der Waals surface area contributed by atoms with Gasteiger partial charge in [-0.15, -0.1) is 0 Å². The third kappa shape index (κ3) is 7.54. The van der Waals surface area contributed by atoms with E-state index >= 15 is 0 Å². The summed E-state index contributed by atoms with van der Waals surface area (Å²) in [6, 6.07) is 4.46. The summed E-state index contributed by atoms with van der Waals surface area (Å²) in [6.07, 6.45) is 0. The van der Waals surface area contributed by atoms with Gasteiger partial charge >= 0.3 is 49.6 Å². The van der Waals surface area contributed by atoms with Crippen LogP contribution in [0.3, 0.4) is 0 Å². The third-order valence-corrected chi connectivity index (χ3v) is 5.77. The molecule has 1 aliphatic rings. The first-order valence-corrected chi connectivity index (χ1v) is 18.0. The van der Waals surface area contributed by atoms with Crippen molar-refractivity contribution in [2.24, 2.45) is 0 Å². The third-order valence-electron chi connectivity index (χ3n) is 4.65. The Kier molecular flexibility index (Phi) is 12.4. The summed E-state index contributed by atoms with van der Waals surface area (Å²) in [4.78, 5) is 0. The van der Waals surface area contributed by atoms with E-state index in [1.165, 1.54) is 50.2 Å². The fraction of sp³-hybridized carbons (Fsp3) is 0.421. The number of hydrogen-bond donors (Lipinski definition) is 0. The van der Waals surface area contributed by atoms with Gasteiger partial charge < -0.3 is 0 Å². The first-order valence-electron chi connectivity index (χ1n) is 7.51. The molecule has 0 saturated heterocycles. The predicted octanol–water partition coefficient (Wildman–Crippen LogP) is 6.88. The first kappa shape index (κ1) is 24.2. The van der Waals surface area contributed by atoms with Gasteiger partial charge in [-0.2, -0.15) is 0 Å². The number of aryl methyl sites for hydroxylation is 3. The molecule has 0 spiro atoms. The van der Waals surface area contributed by atoms with Crippen molar-refractivity contribution < 1.29 is 10.1 Å². The molecule has 1 atom stereocenters. The number of hydrogen-bond acceptors (Lipinski definition) is 0. The summed E-state index contributed by atoms with van der Waals surface area (Å²) in [5.74, 6) is 1.47. The molecule has 0 amide bonds. The molecule has 0 saturated carbocycles. The van der Waals surface area contributed by atoms with Crippen LogP contribution in [0.5, 0.6) is 0 Å². The Bertz CT molecular complexity index is 556. The molecule has 1 aromatic rings. The van der Waals surface area contributed by atoms with Gasteiger partial charge in [0.1, 0.15) is 0 Å². The number of allylic oxidation sites excluding steroid dienone is 4. The number of benzene rings is 1. The summed E-state index contributed by atoms with van der Waals surface area (Å²) < 4.78 is 0. The van der Waals surface area contributed by atoms with Gasteiger partial charge in [0.2, 0.25) is 0 Å². The first-order chi connectivity index (χ1) is 10.6. The van der Waals surface area contributed by atoms with Crippen LogP contribution in [-0.2, 0) is 10.1 Å². The SMILES string of the molecule is C[C]1C(C)=C(C)C(C)=C1C.Cc1cc(C)c([PH3+])c(C)c1.[I][Rh][I]. The summed E-state index contributed by atoms with van der Waals surface area (Å²) in [7, 11) is 2.74. The molecule has 0 bridgehead atoms. The van der Waals surface area contributed by atoms with Crippen LogP contribution in [0.15, 0.2) is 34.4 Å². The fourth-order valence-corrected chi connectivity index (χ4v) is 2.82. The van der Waals surface area contributed by atoms with Gasteiger partial charge in [-0.1, -0.05) is 35.8 Å². The zero-order chi connectivity index (χ0) is 18.3. The van der Waals surface area contributed by atoms with E-state index in [1.807, 2.05) is 9.24 Å². The molecule has 1 aliphatic carbocycles. The average Bonchev–Trinajstić information content (AvgIpc) is 2.64. The molecule has 1 radical (unpaired) electrons. The maximum absolute atomic E-state index is 2.35. The van der Waals surface area contributed by atoms with Crippen molar-refractivity contribution in [3.05, 3.63) is 57.0 Å². The van der Waals surface area contributed by atoms with Crippen LogP contribution >= 0.6 is 48.7 Å². The second-order valence-electron chi connectivity index (χ2n) is 6.05. The Morgan fingerprint density at radius 3 is 1.22 bits per heavy atom. The van der Waals surface area contributed by atoms with E-state index in [0.29, 0.717) is 0 Å². The van der Waals surface area contributed by atoms with Gasteiger partial charge in [-0.3, -0.25) is 0 Å². The monoisotopic (exact) mass is 645 g/mol. The molecule has 132 valence electrons. The van der Waals surface area contributed by atoms with Crippen LogP contribution in [0, 0.1) is 26.7 Å². The van der Waals surface area contributed by atoms with Crippen molar-refractivity contribution in [2.45, 2.75) is 55.4 Å². The maximum atomic E-state index is 2.35. The second-order valence-corrected chi connectivity index (χ2v) is 19.4. The fourth-order valence-electron chi connectivity index (χ4n) is 2.62. The topological polar surface area (TPSA) is 0 Å². The van der Waals surface area contributed by atoms with Crippen molar-refractivity contribution in [2.75, 3.05) is 0 Å². The van der Waals surface area contributed by atoms with Crippen molar-refractivity contribution in [3.63, 3.8) is 0 Å². The molecule has 1 aromatic carbocycles. The number of halogens is 2. The minimum absolute atomic E-state index is 0.770. The standard InChI is InChI=1S/C10H15.C9H13P.2HI.Rh/c1-6-7(2)9(4)10(5)8(6)3;1-6-4-7(2)9(10)8(3)5-6;;;/h1-5H3;4-5H,10H2,1-3H3;2*1H;/q;;;;+2/p-1. The van der Waals surface area contributed by atoms with Crippen LogP contribution in [0.2, 0.25) is 0 Å². The van der Waals surface area contributed by atoms with Crippen LogP contribution in [0.1, 0.15) is 51.3 Å². The summed E-state index contributed by atoms with van der Waals surface area (Å²) in [6.45, 7) is 17.5. The average molecular weight is 645 g/mol. The van der Waals surface area contributed by atoms with E-state index in [-0.39, 0.29) is 0 Å². The molecule has 0 fully saturated rings. The van der Waals surface area contributed by atoms with Crippen LogP contribution in [-0.4, -0.2) is 0 Å². The summed E-state index contributed by atoms with van der Waals surface area (Å²) in [5.41, 5.74) is 10.1. The molecule has 0 aliphatic heterocycles. The predicted molar refractivity (Wildman–Crippen MR) is 125 cm³/mol. The van der Waals surface area contributed by atoms with Crippen molar-refractivity contribution >= 4 is 54.0 Å². The van der Waals surface area contributed by atoms with Gasteiger partial charge in [-0.25, -0.2) is 0 Å². The molecule has 0 nitrogen and oxygen atoms in total. The molecular formula is C19H29I2PRh+. The Balaban J connectivity index is 0.000000360. The minimum atomic E-state index is 0.770. The van der Waals surface area contributed by atoms with E-state index in [0.717, 1.165) is 10.1 Å². The molecule has 23 heavy (non-hydrogen) atoms. The van der Waals surface area contributed by atoms with E-state index in [1.54, 1.807) is 0 Å². The second kappa shape index (κ2) is 11.8. The van der Waals surface area contributed by atoms with Gasteiger partial charge in [0.15, 0.2) is 0 Å². The molecule has 4 heteroatoms. The van der Waals surface area contributed by atoms with Gasteiger partial charge in [0.05, 0.1) is 5.30 Å². The Labute approximate surface area is 174 Å². The Morgan fingerprint density at radius 1 is 0.696 bits per heavy atom. The quantitative estimate of drug-likeness (QED) is 0.164. The molecule has 1 unspecified atom stereocenters. The Morgan fingerprint density at radius 2 is 1.00 bits per heavy atom. The van der Waals surface area contributed by atoms with Crippen molar-refractivity contribution in [1.29, 1.82) is 0 Å². The van der Waals surface area contributed by atoms with Crippen molar-refractivity contribution in [3.8, 4) is 0 Å². The Hall–Kier alpha value is 1.21. The zero-order valence-electron chi connectivity index (χ0n) is 15.5. The zero-order valence-corrected chi connectivity index (χ0v) is 22.8. The van der Waals surface area contributed by atoms with Gasteiger partial charge in [-0.05, 0) is 70.7 Å². The van der Waals surface area contributed by atoms with E-state index in [9.17, 15) is 0 Å². The molecule has 0 heterocycles. The molecule has 0 aromatic heterocycles. The normalized spacial score (nSPS) is 14.7. The van der Waals surface area contributed by atoms with Gasteiger partial charge in [0.25, 0.3) is 0 Å². The molecule has 2 rings (SSSR count). The summed E-state index contributed by atoms with van der Waals surface area (Å²) >= 11 is 4.69. The van der Waals surface area contributed by atoms with E-state index < -0.39 is 0 Å². The van der Waals surface area contributed by atoms with Crippen molar-refractivity contribution in [1.82, 2.24) is 0 Å². The molecule has 0 N–H and O–H groups in total. The summed E-state index contributed by atoms with van der Waals surface area (Å²) in [5, 5.41) is 1.45. The van der Waals surface area contributed by atoms with Crippen LogP contribution in [0.25, 0.3) is 0 Å². The van der Waals surface area contributed by atoms with E-state index in [4.69, 9.17) is 0 Å². The van der Waals surface area contributed by atoms with Crippen LogP contribution < -0.4 is 5.30 Å².